The molecule has 7 nitrogen and oxygen atoms in total. The lowest BCUT2D eigenvalue weighted by Crippen LogP contribution is -2.75. The van der Waals surface area contributed by atoms with Gasteiger partial charge in [-0.05, 0) is 52.0 Å². The van der Waals surface area contributed by atoms with Crippen LogP contribution in [-0.2, 0) is 23.9 Å². The summed E-state index contributed by atoms with van der Waals surface area (Å²) in [5.74, 6) is -1.51. The van der Waals surface area contributed by atoms with Crippen LogP contribution >= 0.6 is 0 Å². The van der Waals surface area contributed by atoms with Gasteiger partial charge >= 0.3 is 11.9 Å². The quantitative estimate of drug-likeness (QED) is 0.334. The molecule has 0 aliphatic carbocycles. The third-order valence-corrected chi connectivity index (χ3v) is 4.09. The lowest BCUT2D eigenvalue weighted by atomic mass is 9.75. The van der Waals surface area contributed by atoms with Crippen LogP contribution in [0.3, 0.4) is 0 Å². The van der Waals surface area contributed by atoms with E-state index in [1.54, 1.807) is 52.0 Å². The number of allylic oxidation sites excluding steroid dienone is 1. The van der Waals surface area contributed by atoms with Crippen molar-refractivity contribution in [3.8, 4) is 5.75 Å². The second-order valence-corrected chi connectivity index (χ2v) is 5.86. The van der Waals surface area contributed by atoms with Gasteiger partial charge < -0.3 is 14.2 Å². The number of hydrogen-bond acceptors (Lipinski definition) is 6. The molecule has 1 aromatic rings. The number of carbonyl (C=O) groups is 3. The SMILES string of the molecule is CCOC(=O)C1(C(=O)OCC)C(=C(C)C)C(=O)N1c1ccc(OC)cc1. The van der Waals surface area contributed by atoms with Crippen LogP contribution in [0.4, 0.5) is 5.69 Å². The number of hydrogen-bond donors (Lipinski definition) is 0. The van der Waals surface area contributed by atoms with Crippen LogP contribution in [0.5, 0.6) is 5.75 Å². The van der Waals surface area contributed by atoms with Crippen molar-refractivity contribution in [3.63, 3.8) is 0 Å². The van der Waals surface area contributed by atoms with Crippen LogP contribution < -0.4 is 9.64 Å². The van der Waals surface area contributed by atoms with Crippen molar-refractivity contribution in [2.45, 2.75) is 33.2 Å². The molecule has 1 saturated heterocycles. The summed E-state index contributed by atoms with van der Waals surface area (Å²) in [4.78, 5) is 39.7. The summed E-state index contributed by atoms with van der Waals surface area (Å²) in [6, 6.07) is 6.49. The van der Waals surface area contributed by atoms with Crippen molar-refractivity contribution >= 4 is 23.5 Å². The molecule has 1 aliphatic rings. The maximum Gasteiger partial charge on any atom is 0.349 e. The van der Waals surface area contributed by atoms with Gasteiger partial charge in [-0.15, -0.1) is 0 Å². The predicted molar refractivity (Wildman–Crippen MR) is 94.9 cm³/mol. The van der Waals surface area contributed by atoms with E-state index in [-0.39, 0.29) is 18.8 Å². The van der Waals surface area contributed by atoms with Crippen LogP contribution in [0.25, 0.3) is 0 Å². The Morgan fingerprint density at radius 1 is 1.00 bits per heavy atom. The third kappa shape index (κ3) is 2.83. The number of anilines is 1. The number of amides is 1. The Morgan fingerprint density at radius 2 is 1.50 bits per heavy atom. The Balaban J connectivity index is 2.66. The maximum absolute atomic E-state index is 12.9. The van der Waals surface area contributed by atoms with Crippen LogP contribution in [0.1, 0.15) is 27.7 Å². The number of esters is 2. The molecule has 1 fully saturated rings. The number of benzene rings is 1. The van der Waals surface area contributed by atoms with E-state index < -0.39 is 23.4 Å². The first-order chi connectivity index (χ1) is 12.4. The van der Waals surface area contributed by atoms with E-state index in [4.69, 9.17) is 14.2 Å². The van der Waals surface area contributed by atoms with E-state index in [1.165, 1.54) is 7.11 Å². The summed E-state index contributed by atoms with van der Waals surface area (Å²) in [7, 11) is 1.52. The third-order valence-electron chi connectivity index (χ3n) is 4.09. The van der Waals surface area contributed by atoms with Crippen LogP contribution in [0.15, 0.2) is 35.4 Å². The minimum Gasteiger partial charge on any atom is -0.497 e. The van der Waals surface area contributed by atoms with Crippen LogP contribution in [0, 0.1) is 0 Å². The van der Waals surface area contributed by atoms with Crippen molar-refractivity contribution in [3.05, 3.63) is 35.4 Å². The smallest absolute Gasteiger partial charge is 0.349 e. The lowest BCUT2D eigenvalue weighted by molar-refractivity contribution is -0.166. The molecule has 140 valence electrons. The van der Waals surface area contributed by atoms with Gasteiger partial charge in [0.25, 0.3) is 11.4 Å². The standard InChI is InChI=1S/C19H23NO6/c1-6-25-17(22)19(18(23)26-7-2)15(12(3)4)16(21)20(19)13-8-10-14(24-5)11-9-13/h8-11H,6-7H2,1-5H3. The summed E-state index contributed by atoms with van der Waals surface area (Å²) in [6.07, 6.45) is 0. The highest BCUT2D eigenvalue weighted by Crippen LogP contribution is 2.45. The van der Waals surface area contributed by atoms with Gasteiger partial charge in [-0.2, -0.15) is 0 Å². The number of rotatable bonds is 6. The minimum atomic E-state index is -1.93. The lowest BCUT2D eigenvalue weighted by Gasteiger charge is -2.49. The molecule has 0 aromatic heterocycles. The fourth-order valence-corrected chi connectivity index (χ4v) is 3.04. The highest BCUT2D eigenvalue weighted by molar-refractivity contribution is 6.34. The Morgan fingerprint density at radius 3 is 1.88 bits per heavy atom. The Kier molecular flexibility index (Phi) is 5.69. The van der Waals surface area contributed by atoms with Crippen molar-refractivity contribution < 1.29 is 28.6 Å². The van der Waals surface area contributed by atoms with E-state index in [2.05, 4.69) is 0 Å². The molecule has 0 radical (unpaired) electrons. The molecule has 0 spiro atoms. The molecular weight excluding hydrogens is 338 g/mol. The average molecular weight is 361 g/mol. The summed E-state index contributed by atoms with van der Waals surface area (Å²) in [5, 5.41) is 0. The van der Waals surface area contributed by atoms with Gasteiger partial charge in [0.2, 0.25) is 0 Å². The molecule has 2 rings (SSSR count). The summed E-state index contributed by atoms with van der Waals surface area (Å²) in [6.45, 7) is 6.76. The number of carbonyl (C=O) groups excluding carboxylic acids is 3. The topological polar surface area (TPSA) is 82.1 Å². The fraction of sp³-hybridized carbons (Fsp3) is 0.421. The number of ether oxygens (including phenoxy) is 3. The first kappa shape index (κ1) is 19.5. The van der Waals surface area contributed by atoms with E-state index >= 15 is 0 Å². The summed E-state index contributed by atoms with van der Waals surface area (Å²) in [5.41, 5.74) is -0.913. The zero-order valence-corrected chi connectivity index (χ0v) is 15.6. The van der Waals surface area contributed by atoms with Crippen molar-refractivity contribution in [2.75, 3.05) is 25.2 Å². The fourth-order valence-electron chi connectivity index (χ4n) is 3.04. The number of β-lactam (4-membered cyclic amide) rings is 1. The maximum atomic E-state index is 12.9. The Labute approximate surface area is 152 Å². The first-order valence-electron chi connectivity index (χ1n) is 8.37. The predicted octanol–water partition coefficient (Wildman–Crippen LogP) is 2.24. The monoisotopic (exact) mass is 361 g/mol. The van der Waals surface area contributed by atoms with Gasteiger partial charge in [0.15, 0.2) is 0 Å². The second kappa shape index (κ2) is 7.59. The van der Waals surface area contributed by atoms with E-state index in [1.807, 2.05) is 0 Å². The Hall–Kier alpha value is -2.83. The van der Waals surface area contributed by atoms with Crippen molar-refractivity contribution in [2.24, 2.45) is 0 Å². The molecule has 26 heavy (non-hydrogen) atoms. The summed E-state index contributed by atoms with van der Waals surface area (Å²) >= 11 is 0. The molecule has 7 heteroatoms. The molecule has 0 unspecified atom stereocenters. The van der Waals surface area contributed by atoms with Gasteiger partial charge in [0.1, 0.15) is 5.75 Å². The molecule has 0 saturated carbocycles. The Bertz CT molecular complexity index is 728. The number of nitrogens with zero attached hydrogens (tertiary/aromatic N) is 1. The van der Waals surface area contributed by atoms with Gasteiger partial charge in [-0.1, -0.05) is 5.57 Å². The van der Waals surface area contributed by atoms with E-state index in [0.717, 1.165) is 4.90 Å². The molecule has 1 aromatic carbocycles. The van der Waals surface area contributed by atoms with Crippen LogP contribution in [-0.4, -0.2) is 43.7 Å². The normalized spacial score (nSPS) is 15.2. The van der Waals surface area contributed by atoms with Crippen molar-refractivity contribution in [1.29, 1.82) is 0 Å². The molecular formula is C19H23NO6. The minimum absolute atomic E-state index is 0.0701. The largest absolute Gasteiger partial charge is 0.497 e. The van der Waals surface area contributed by atoms with Gasteiger partial charge in [0.05, 0.1) is 25.9 Å². The van der Waals surface area contributed by atoms with Gasteiger partial charge in [0, 0.05) is 5.69 Å². The molecule has 1 amide bonds. The van der Waals surface area contributed by atoms with E-state index in [0.29, 0.717) is 17.0 Å². The molecule has 0 bridgehead atoms. The van der Waals surface area contributed by atoms with Gasteiger partial charge in [-0.3, -0.25) is 9.69 Å². The summed E-state index contributed by atoms with van der Waals surface area (Å²) < 4.78 is 15.4. The molecule has 0 atom stereocenters. The molecule has 0 N–H and O–H groups in total. The number of methoxy groups -OCH3 is 1. The highest BCUT2D eigenvalue weighted by atomic mass is 16.6. The highest BCUT2D eigenvalue weighted by Gasteiger charge is 2.69. The second-order valence-electron chi connectivity index (χ2n) is 5.86. The first-order valence-corrected chi connectivity index (χ1v) is 8.37. The zero-order chi connectivity index (χ0) is 19.5. The molecule has 1 heterocycles. The zero-order valence-electron chi connectivity index (χ0n) is 15.6. The van der Waals surface area contributed by atoms with Gasteiger partial charge in [-0.25, -0.2) is 9.59 Å². The average Bonchev–Trinajstić information content (AvgIpc) is 2.59. The van der Waals surface area contributed by atoms with E-state index in [9.17, 15) is 14.4 Å². The van der Waals surface area contributed by atoms with Crippen LogP contribution in [0.2, 0.25) is 0 Å². The molecule has 1 aliphatic heterocycles. The van der Waals surface area contributed by atoms with Crippen molar-refractivity contribution in [1.82, 2.24) is 0 Å².